The molecule has 0 atom stereocenters. The highest BCUT2D eigenvalue weighted by Gasteiger charge is 2.20. The van der Waals surface area contributed by atoms with Gasteiger partial charge < -0.3 is 15.4 Å². The van der Waals surface area contributed by atoms with E-state index in [1.165, 1.54) is 12.0 Å². The zero-order valence-electron chi connectivity index (χ0n) is 18.9. The van der Waals surface area contributed by atoms with Crippen molar-refractivity contribution in [1.82, 2.24) is 5.32 Å². The van der Waals surface area contributed by atoms with E-state index in [4.69, 9.17) is 4.74 Å². The summed E-state index contributed by atoms with van der Waals surface area (Å²) in [5.74, 6) is 0.211. The monoisotopic (exact) mass is 422 g/mol. The number of amides is 2. The summed E-state index contributed by atoms with van der Waals surface area (Å²) in [5, 5.41) is 5.93. The second-order valence-electron chi connectivity index (χ2n) is 8.95. The summed E-state index contributed by atoms with van der Waals surface area (Å²) in [6.07, 6.45) is 6.61. The van der Waals surface area contributed by atoms with E-state index >= 15 is 0 Å². The van der Waals surface area contributed by atoms with Crippen LogP contribution in [-0.2, 0) is 10.2 Å². The van der Waals surface area contributed by atoms with Gasteiger partial charge in [-0.2, -0.15) is 0 Å². The van der Waals surface area contributed by atoms with Gasteiger partial charge in [0, 0.05) is 6.04 Å². The van der Waals surface area contributed by atoms with Gasteiger partial charge in [-0.1, -0.05) is 64.3 Å². The Bertz CT molecular complexity index is 884. The molecule has 31 heavy (non-hydrogen) atoms. The highest BCUT2D eigenvalue weighted by Crippen LogP contribution is 2.28. The fraction of sp³-hybridized carbons (Fsp3) is 0.462. The third-order valence-corrected chi connectivity index (χ3v) is 6.28. The Balaban J connectivity index is 1.56. The number of hydrogen-bond donors (Lipinski definition) is 2. The molecule has 0 heterocycles. The Kier molecular flexibility index (Phi) is 7.72. The highest BCUT2D eigenvalue weighted by atomic mass is 16.5. The van der Waals surface area contributed by atoms with Crippen molar-refractivity contribution in [2.45, 2.75) is 70.8 Å². The zero-order valence-corrected chi connectivity index (χ0v) is 18.9. The fourth-order valence-electron chi connectivity index (χ4n) is 3.84. The lowest BCUT2D eigenvalue weighted by molar-refractivity contribution is -0.118. The molecule has 0 spiro atoms. The molecule has 0 unspecified atom stereocenters. The molecule has 1 aliphatic carbocycles. The van der Waals surface area contributed by atoms with Gasteiger partial charge in [0.25, 0.3) is 11.8 Å². The van der Waals surface area contributed by atoms with Crippen LogP contribution < -0.4 is 15.4 Å². The predicted molar refractivity (Wildman–Crippen MR) is 125 cm³/mol. The van der Waals surface area contributed by atoms with Gasteiger partial charge in [-0.3, -0.25) is 9.59 Å². The molecule has 1 saturated carbocycles. The average molecular weight is 423 g/mol. The van der Waals surface area contributed by atoms with E-state index in [-0.39, 0.29) is 29.9 Å². The van der Waals surface area contributed by atoms with E-state index in [2.05, 4.69) is 31.4 Å². The van der Waals surface area contributed by atoms with Crippen LogP contribution in [0.25, 0.3) is 0 Å². The molecule has 166 valence electrons. The van der Waals surface area contributed by atoms with Gasteiger partial charge in [-0.15, -0.1) is 0 Å². The van der Waals surface area contributed by atoms with Crippen LogP contribution >= 0.6 is 0 Å². The van der Waals surface area contributed by atoms with Crippen LogP contribution in [-0.4, -0.2) is 24.5 Å². The van der Waals surface area contributed by atoms with E-state index in [0.29, 0.717) is 17.0 Å². The molecule has 3 rings (SSSR count). The van der Waals surface area contributed by atoms with Crippen LogP contribution in [0.3, 0.4) is 0 Å². The van der Waals surface area contributed by atoms with Gasteiger partial charge in [0.1, 0.15) is 5.75 Å². The van der Waals surface area contributed by atoms with E-state index in [1.54, 1.807) is 18.2 Å². The highest BCUT2D eigenvalue weighted by molar-refractivity contribution is 6.04. The van der Waals surface area contributed by atoms with E-state index in [0.717, 1.165) is 32.1 Å². The summed E-state index contributed by atoms with van der Waals surface area (Å²) in [6, 6.07) is 15.2. The largest absolute Gasteiger partial charge is 0.484 e. The first-order valence-corrected chi connectivity index (χ1v) is 11.3. The summed E-state index contributed by atoms with van der Waals surface area (Å²) < 4.78 is 5.65. The van der Waals surface area contributed by atoms with Crippen molar-refractivity contribution >= 4 is 17.5 Å². The molecule has 5 heteroatoms. The molecule has 1 aliphatic rings. The minimum absolute atomic E-state index is 0.109. The van der Waals surface area contributed by atoms with Gasteiger partial charge in [0.2, 0.25) is 0 Å². The molecule has 5 nitrogen and oxygen atoms in total. The summed E-state index contributed by atoms with van der Waals surface area (Å²) in [5.41, 5.74) is 2.33. The van der Waals surface area contributed by atoms with Crippen molar-refractivity contribution in [3.63, 3.8) is 0 Å². The normalized spacial score (nSPS) is 14.7. The quantitative estimate of drug-likeness (QED) is 0.594. The van der Waals surface area contributed by atoms with Crippen molar-refractivity contribution < 1.29 is 14.3 Å². The van der Waals surface area contributed by atoms with Crippen molar-refractivity contribution in [2.24, 2.45) is 0 Å². The van der Waals surface area contributed by atoms with Gasteiger partial charge in [-0.25, -0.2) is 0 Å². The first-order chi connectivity index (χ1) is 14.9. The SMILES string of the molecule is CCC(C)(C)c1ccc(OCC(=O)Nc2ccccc2C(=O)NC2CCCCC2)cc1. The van der Waals surface area contributed by atoms with Gasteiger partial charge in [0.05, 0.1) is 11.3 Å². The third kappa shape index (κ3) is 6.33. The number of para-hydroxylation sites is 1. The minimum atomic E-state index is -0.295. The third-order valence-electron chi connectivity index (χ3n) is 6.28. The number of nitrogens with one attached hydrogen (secondary N) is 2. The second-order valence-corrected chi connectivity index (χ2v) is 8.95. The maximum absolute atomic E-state index is 12.7. The van der Waals surface area contributed by atoms with Crippen LogP contribution in [0.5, 0.6) is 5.75 Å². The first-order valence-electron chi connectivity index (χ1n) is 11.3. The Hall–Kier alpha value is -2.82. The van der Waals surface area contributed by atoms with Gasteiger partial charge in [-0.05, 0) is 54.5 Å². The van der Waals surface area contributed by atoms with Gasteiger partial charge >= 0.3 is 0 Å². The zero-order chi connectivity index (χ0) is 22.3. The number of carbonyl (C=O) groups excluding carboxylic acids is 2. The summed E-state index contributed by atoms with van der Waals surface area (Å²) in [6.45, 7) is 6.47. The molecular weight excluding hydrogens is 388 g/mol. The van der Waals surface area contributed by atoms with Crippen LogP contribution in [0.2, 0.25) is 0 Å². The lowest BCUT2D eigenvalue weighted by Gasteiger charge is -2.23. The fourth-order valence-corrected chi connectivity index (χ4v) is 3.84. The van der Waals surface area contributed by atoms with Crippen LogP contribution in [0.15, 0.2) is 48.5 Å². The average Bonchev–Trinajstić information content (AvgIpc) is 2.79. The van der Waals surface area contributed by atoms with Crippen molar-refractivity contribution in [3.8, 4) is 5.75 Å². The van der Waals surface area contributed by atoms with Gasteiger partial charge in [0.15, 0.2) is 6.61 Å². The lowest BCUT2D eigenvalue weighted by atomic mass is 9.82. The molecule has 2 aromatic rings. The Morgan fingerprint density at radius 3 is 2.35 bits per heavy atom. The maximum atomic E-state index is 12.7. The summed E-state index contributed by atoms with van der Waals surface area (Å²) >= 11 is 0. The van der Waals surface area contributed by atoms with Crippen molar-refractivity contribution in [2.75, 3.05) is 11.9 Å². The Labute approximate surface area is 185 Å². The predicted octanol–water partition coefficient (Wildman–Crippen LogP) is 5.45. The molecule has 2 N–H and O–H groups in total. The molecule has 0 radical (unpaired) electrons. The van der Waals surface area contributed by atoms with E-state index < -0.39 is 0 Å². The smallest absolute Gasteiger partial charge is 0.262 e. The Morgan fingerprint density at radius 2 is 1.68 bits per heavy atom. The molecule has 1 fully saturated rings. The van der Waals surface area contributed by atoms with Crippen molar-refractivity contribution in [3.05, 3.63) is 59.7 Å². The molecule has 2 aromatic carbocycles. The lowest BCUT2D eigenvalue weighted by Crippen LogP contribution is -2.36. The molecule has 2 amide bonds. The standard InChI is InChI=1S/C26H34N2O3/c1-4-26(2,3)19-14-16-21(17-15-19)31-18-24(29)28-23-13-9-8-12-22(23)25(30)27-20-10-6-5-7-11-20/h8-9,12-17,20H,4-7,10-11,18H2,1-3H3,(H,27,30)(H,28,29). The minimum Gasteiger partial charge on any atom is -0.484 e. The number of benzene rings is 2. The molecule has 0 saturated heterocycles. The van der Waals surface area contributed by atoms with E-state index in [1.807, 2.05) is 30.3 Å². The number of ether oxygens (including phenoxy) is 1. The molecule has 0 bridgehead atoms. The van der Waals surface area contributed by atoms with E-state index in [9.17, 15) is 9.59 Å². The number of rotatable bonds is 8. The summed E-state index contributed by atoms with van der Waals surface area (Å²) in [7, 11) is 0. The molecule has 0 aromatic heterocycles. The molecule has 0 aliphatic heterocycles. The Morgan fingerprint density at radius 1 is 1.00 bits per heavy atom. The van der Waals surface area contributed by atoms with Crippen LogP contribution in [0.1, 0.15) is 75.2 Å². The second kappa shape index (κ2) is 10.5. The number of carbonyl (C=O) groups is 2. The van der Waals surface area contributed by atoms with Crippen LogP contribution in [0.4, 0.5) is 5.69 Å². The van der Waals surface area contributed by atoms with Crippen molar-refractivity contribution in [1.29, 1.82) is 0 Å². The number of anilines is 1. The maximum Gasteiger partial charge on any atom is 0.262 e. The molecular formula is C26H34N2O3. The van der Waals surface area contributed by atoms with Crippen LogP contribution in [0, 0.1) is 0 Å². The first kappa shape index (κ1) is 22.9. The topological polar surface area (TPSA) is 67.4 Å². The summed E-state index contributed by atoms with van der Waals surface area (Å²) in [4.78, 5) is 25.2. The number of hydrogen-bond acceptors (Lipinski definition) is 3.